The second-order valence-electron chi connectivity index (χ2n) is 9.57. The lowest BCUT2D eigenvalue weighted by molar-refractivity contribution is -0.187. The van der Waals surface area contributed by atoms with Gasteiger partial charge in [-0.2, -0.15) is 13.2 Å². The smallest absolute Gasteiger partial charge is 0.331 e. The maximum absolute atomic E-state index is 13.4. The molecule has 2 unspecified atom stereocenters. The van der Waals surface area contributed by atoms with Gasteiger partial charge < -0.3 is 4.90 Å². The number of carbonyl (C=O) groups is 1. The van der Waals surface area contributed by atoms with Gasteiger partial charge in [-0.05, 0) is 61.5 Å². The zero-order valence-corrected chi connectivity index (χ0v) is 20.4. The van der Waals surface area contributed by atoms with E-state index in [-0.39, 0.29) is 18.4 Å². The van der Waals surface area contributed by atoms with E-state index in [0.717, 1.165) is 48.2 Å². The quantitative estimate of drug-likeness (QED) is 0.579. The SMILES string of the molecule is CS(=O)(=O)Nc1ccc(CN2CCC(CN(C(=O)C(F)(F)F)C3CC3c3ccccc3)CC2)cc1. The first kappa shape index (κ1) is 25.5. The Kier molecular flexibility index (Phi) is 7.42. The highest BCUT2D eigenvalue weighted by Crippen LogP contribution is 2.46. The molecule has 2 fully saturated rings. The molecule has 6 nitrogen and oxygen atoms in total. The predicted molar refractivity (Wildman–Crippen MR) is 128 cm³/mol. The molecule has 2 aliphatic rings. The maximum Gasteiger partial charge on any atom is 0.471 e. The summed E-state index contributed by atoms with van der Waals surface area (Å²) in [7, 11) is -3.33. The van der Waals surface area contributed by atoms with Crippen LogP contribution in [0.4, 0.5) is 18.9 Å². The highest BCUT2D eigenvalue weighted by Gasteiger charge is 2.52. The van der Waals surface area contributed by atoms with E-state index in [1.54, 1.807) is 12.1 Å². The van der Waals surface area contributed by atoms with Crippen LogP contribution in [0.15, 0.2) is 54.6 Å². The van der Waals surface area contributed by atoms with Crippen molar-refractivity contribution in [2.75, 3.05) is 30.6 Å². The fourth-order valence-electron chi connectivity index (χ4n) is 4.87. The number of anilines is 1. The summed E-state index contributed by atoms with van der Waals surface area (Å²) in [6, 6.07) is 16.2. The monoisotopic (exact) mass is 509 g/mol. The predicted octanol–water partition coefficient (Wildman–Crippen LogP) is 4.22. The molecule has 10 heteroatoms. The zero-order chi connectivity index (χ0) is 25.2. The van der Waals surface area contributed by atoms with Crippen molar-refractivity contribution < 1.29 is 26.4 Å². The van der Waals surface area contributed by atoms with Crippen LogP contribution in [0.25, 0.3) is 0 Å². The number of halogens is 3. The van der Waals surface area contributed by atoms with Gasteiger partial charge in [0.1, 0.15) is 0 Å². The first-order valence-electron chi connectivity index (χ1n) is 11.7. The Morgan fingerprint density at radius 2 is 1.69 bits per heavy atom. The molecule has 0 spiro atoms. The van der Waals surface area contributed by atoms with Crippen molar-refractivity contribution >= 4 is 21.6 Å². The van der Waals surface area contributed by atoms with Gasteiger partial charge in [0, 0.05) is 30.7 Å². The normalized spacial score (nSPS) is 21.5. The first-order chi connectivity index (χ1) is 16.5. The summed E-state index contributed by atoms with van der Waals surface area (Å²) in [5.41, 5.74) is 2.50. The van der Waals surface area contributed by atoms with E-state index in [4.69, 9.17) is 0 Å². The largest absolute Gasteiger partial charge is 0.471 e. The average Bonchev–Trinajstić information content (AvgIpc) is 3.59. The third-order valence-electron chi connectivity index (χ3n) is 6.71. The minimum absolute atomic E-state index is 0.0240. The van der Waals surface area contributed by atoms with Gasteiger partial charge in [0.15, 0.2) is 0 Å². The van der Waals surface area contributed by atoms with Gasteiger partial charge in [-0.1, -0.05) is 42.5 Å². The molecule has 2 aromatic rings. The zero-order valence-electron chi connectivity index (χ0n) is 19.5. The molecule has 2 aromatic carbocycles. The Morgan fingerprint density at radius 3 is 2.26 bits per heavy atom. The van der Waals surface area contributed by atoms with Crippen molar-refractivity contribution in [1.29, 1.82) is 0 Å². The van der Waals surface area contributed by atoms with Crippen LogP contribution in [0.3, 0.4) is 0 Å². The van der Waals surface area contributed by atoms with Crippen LogP contribution in [0.2, 0.25) is 0 Å². The van der Waals surface area contributed by atoms with Crippen LogP contribution in [0.1, 0.15) is 36.3 Å². The van der Waals surface area contributed by atoms with Crippen LogP contribution < -0.4 is 4.72 Å². The topological polar surface area (TPSA) is 69.7 Å². The van der Waals surface area contributed by atoms with Crippen molar-refractivity contribution in [3.05, 3.63) is 65.7 Å². The molecular formula is C25H30F3N3O3S. The maximum atomic E-state index is 13.4. The van der Waals surface area contributed by atoms with Gasteiger partial charge in [0.2, 0.25) is 10.0 Å². The summed E-state index contributed by atoms with van der Waals surface area (Å²) in [6.07, 6.45) is -1.77. The van der Waals surface area contributed by atoms with Gasteiger partial charge in [0.25, 0.3) is 0 Å². The standard InChI is InChI=1S/C25H30F3N3O3S/c1-35(33,34)29-21-9-7-18(8-10-21)16-30-13-11-19(12-14-30)17-31(24(32)25(26,27)28)23-15-22(23)20-5-3-2-4-6-20/h2-10,19,22-23,29H,11-17H2,1H3. The Bertz CT molecular complexity index is 1120. The number of hydrogen-bond acceptors (Lipinski definition) is 4. The number of nitrogens with zero attached hydrogens (tertiary/aromatic N) is 2. The van der Waals surface area contributed by atoms with Crippen LogP contribution >= 0.6 is 0 Å². The summed E-state index contributed by atoms with van der Waals surface area (Å²) in [5.74, 6) is -1.75. The summed E-state index contributed by atoms with van der Waals surface area (Å²) in [6.45, 7) is 2.27. The number of alkyl halides is 3. The van der Waals surface area contributed by atoms with E-state index >= 15 is 0 Å². The number of piperidine rings is 1. The van der Waals surface area contributed by atoms with Crippen molar-refractivity contribution in [2.24, 2.45) is 5.92 Å². The molecule has 190 valence electrons. The van der Waals surface area contributed by atoms with E-state index in [0.29, 0.717) is 18.7 Å². The van der Waals surface area contributed by atoms with Gasteiger partial charge in [-0.15, -0.1) is 0 Å². The van der Waals surface area contributed by atoms with Crippen molar-refractivity contribution in [2.45, 2.75) is 43.9 Å². The Balaban J connectivity index is 1.32. The summed E-state index contributed by atoms with van der Waals surface area (Å²) >= 11 is 0. The minimum atomic E-state index is -4.87. The Labute approximate surface area is 204 Å². The number of hydrogen-bond donors (Lipinski definition) is 1. The van der Waals surface area contributed by atoms with Crippen LogP contribution in [-0.2, 0) is 21.4 Å². The molecule has 0 bridgehead atoms. The fraction of sp³-hybridized carbons (Fsp3) is 0.480. The molecule has 0 aromatic heterocycles. The molecule has 1 heterocycles. The van der Waals surface area contributed by atoms with E-state index in [1.807, 2.05) is 42.5 Å². The molecular weight excluding hydrogens is 479 g/mol. The number of amides is 1. The molecule has 1 saturated carbocycles. The average molecular weight is 510 g/mol. The third-order valence-corrected chi connectivity index (χ3v) is 7.32. The summed E-state index contributed by atoms with van der Waals surface area (Å²) in [5, 5.41) is 0. The molecule has 2 atom stereocenters. The number of carbonyl (C=O) groups excluding carboxylic acids is 1. The van der Waals surface area contributed by atoms with Gasteiger partial charge in [-0.3, -0.25) is 14.4 Å². The molecule has 1 saturated heterocycles. The van der Waals surface area contributed by atoms with Gasteiger partial charge in [-0.25, -0.2) is 8.42 Å². The minimum Gasteiger partial charge on any atom is -0.331 e. The highest BCUT2D eigenvalue weighted by atomic mass is 32.2. The Hall–Kier alpha value is -2.59. The lowest BCUT2D eigenvalue weighted by atomic mass is 9.95. The molecule has 1 N–H and O–H groups in total. The molecule has 1 amide bonds. The second-order valence-corrected chi connectivity index (χ2v) is 11.3. The molecule has 1 aliphatic carbocycles. The van der Waals surface area contributed by atoms with Gasteiger partial charge in [0.05, 0.1) is 6.26 Å². The highest BCUT2D eigenvalue weighted by molar-refractivity contribution is 7.92. The molecule has 0 radical (unpaired) electrons. The number of likely N-dealkylation sites (tertiary alicyclic amines) is 1. The van der Waals surface area contributed by atoms with Gasteiger partial charge >= 0.3 is 12.1 Å². The summed E-state index contributed by atoms with van der Waals surface area (Å²) < 4.78 is 65.2. The van der Waals surface area contributed by atoms with Crippen molar-refractivity contribution in [1.82, 2.24) is 9.80 Å². The summed E-state index contributed by atoms with van der Waals surface area (Å²) in [4.78, 5) is 15.6. The van der Waals surface area contributed by atoms with Crippen LogP contribution in [0.5, 0.6) is 0 Å². The lowest BCUT2D eigenvalue weighted by Gasteiger charge is -2.35. The second kappa shape index (κ2) is 10.2. The van der Waals surface area contributed by atoms with Crippen LogP contribution in [-0.4, -0.2) is 62.2 Å². The lowest BCUT2D eigenvalue weighted by Crippen LogP contribution is -2.47. The third kappa shape index (κ3) is 6.98. The number of benzene rings is 2. The van der Waals surface area contributed by atoms with E-state index in [2.05, 4.69) is 9.62 Å². The number of nitrogens with one attached hydrogen (secondary N) is 1. The van der Waals surface area contributed by atoms with E-state index in [9.17, 15) is 26.4 Å². The first-order valence-corrected chi connectivity index (χ1v) is 13.6. The number of sulfonamides is 1. The van der Waals surface area contributed by atoms with Crippen molar-refractivity contribution in [3.63, 3.8) is 0 Å². The van der Waals surface area contributed by atoms with Crippen molar-refractivity contribution in [3.8, 4) is 0 Å². The number of rotatable bonds is 8. The van der Waals surface area contributed by atoms with Crippen LogP contribution in [0, 0.1) is 5.92 Å². The Morgan fingerprint density at radius 1 is 1.06 bits per heavy atom. The fourth-order valence-corrected chi connectivity index (χ4v) is 5.44. The van der Waals surface area contributed by atoms with E-state index < -0.39 is 28.1 Å². The molecule has 1 aliphatic heterocycles. The molecule has 4 rings (SSSR count). The molecule has 35 heavy (non-hydrogen) atoms. The van der Waals surface area contributed by atoms with E-state index in [1.165, 1.54) is 0 Å².